The first-order valence-corrected chi connectivity index (χ1v) is 5.77. The molecule has 94 valence electrons. The standard InChI is InChI=1S/C12H16F2N2O/c13-10-7-9(8-11(14)12(10)17)1-4-16-5-2-15-3-6-16/h7-8,15,17H,1-6H2. The molecule has 0 aromatic heterocycles. The fourth-order valence-corrected chi connectivity index (χ4v) is 1.98. The molecule has 0 saturated carbocycles. The van der Waals surface area contributed by atoms with Crippen LogP contribution >= 0.6 is 0 Å². The van der Waals surface area contributed by atoms with Gasteiger partial charge in [0, 0.05) is 32.7 Å². The van der Waals surface area contributed by atoms with Crippen molar-refractivity contribution in [3.63, 3.8) is 0 Å². The van der Waals surface area contributed by atoms with E-state index < -0.39 is 17.4 Å². The topological polar surface area (TPSA) is 35.5 Å². The molecule has 0 radical (unpaired) electrons. The summed E-state index contributed by atoms with van der Waals surface area (Å²) < 4.78 is 26.2. The summed E-state index contributed by atoms with van der Waals surface area (Å²) >= 11 is 0. The fraction of sp³-hybridized carbons (Fsp3) is 0.500. The van der Waals surface area contributed by atoms with Crippen molar-refractivity contribution in [2.24, 2.45) is 0 Å². The van der Waals surface area contributed by atoms with E-state index >= 15 is 0 Å². The minimum atomic E-state index is -0.893. The second kappa shape index (κ2) is 5.42. The first-order valence-electron chi connectivity index (χ1n) is 5.77. The van der Waals surface area contributed by atoms with E-state index in [0.717, 1.165) is 32.7 Å². The molecule has 5 heteroatoms. The van der Waals surface area contributed by atoms with E-state index in [1.165, 1.54) is 12.1 Å². The van der Waals surface area contributed by atoms with Crippen LogP contribution in [-0.2, 0) is 6.42 Å². The van der Waals surface area contributed by atoms with Crippen molar-refractivity contribution < 1.29 is 13.9 Å². The number of nitrogens with zero attached hydrogens (tertiary/aromatic N) is 1. The van der Waals surface area contributed by atoms with Gasteiger partial charge in [-0.15, -0.1) is 0 Å². The molecule has 17 heavy (non-hydrogen) atoms. The number of aromatic hydroxyl groups is 1. The average Bonchev–Trinajstić information content (AvgIpc) is 2.34. The first-order chi connectivity index (χ1) is 8.16. The largest absolute Gasteiger partial charge is 0.503 e. The molecule has 2 N–H and O–H groups in total. The molecule has 3 nitrogen and oxygen atoms in total. The Hall–Kier alpha value is -1.20. The lowest BCUT2D eigenvalue weighted by Crippen LogP contribution is -2.44. The van der Waals surface area contributed by atoms with Crippen molar-refractivity contribution in [3.05, 3.63) is 29.3 Å². The molecule has 1 fully saturated rings. The lowest BCUT2D eigenvalue weighted by atomic mass is 10.1. The van der Waals surface area contributed by atoms with Crippen LogP contribution in [0.15, 0.2) is 12.1 Å². The number of halogens is 2. The zero-order valence-corrected chi connectivity index (χ0v) is 9.55. The van der Waals surface area contributed by atoms with E-state index in [-0.39, 0.29) is 0 Å². The maximum atomic E-state index is 13.1. The third-order valence-electron chi connectivity index (χ3n) is 3.00. The molecule has 1 aliphatic rings. The molecular formula is C12H16F2N2O. The Morgan fingerprint density at radius 1 is 1.18 bits per heavy atom. The molecule has 1 aliphatic heterocycles. The van der Waals surface area contributed by atoms with Crippen LogP contribution in [0, 0.1) is 11.6 Å². The molecule has 2 rings (SSSR count). The van der Waals surface area contributed by atoms with Crippen LogP contribution in [0.3, 0.4) is 0 Å². The van der Waals surface area contributed by atoms with Gasteiger partial charge in [-0.1, -0.05) is 0 Å². The second-order valence-corrected chi connectivity index (χ2v) is 4.25. The molecule has 1 heterocycles. The number of nitrogens with one attached hydrogen (secondary N) is 1. The number of hydrogen-bond donors (Lipinski definition) is 2. The third-order valence-corrected chi connectivity index (χ3v) is 3.00. The highest BCUT2D eigenvalue weighted by Crippen LogP contribution is 2.21. The van der Waals surface area contributed by atoms with Gasteiger partial charge in [-0.05, 0) is 24.1 Å². The predicted molar refractivity (Wildman–Crippen MR) is 61.0 cm³/mol. The van der Waals surface area contributed by atoms with Gasteiger partial charge >= 0.3 is 0 Å². The molecule has 0 aliphatic carbocycles. The first kappa shape index (κ1) is 12.3. The van der Waals surface area contributed by atoms with Gasteiger partial charge < -0.3 is 15.3 Å². The summed E-state index contributed by atoms with van der Waals surface area (Å²) in [5.41, 5.74) is 0.580. The van der Waals surface area contributed by atoms with Crippen LogP contribution in [-0.4, -0.2) is 42.7 Å². The summed E-state index contributed by atoms with van der Waals surface area (Å²) in [6.45, 7) is 4.62. The van der Waals surface area contributed by atoms with E-state index in [1.807, 2.05) is 0 Å². The van der Waals surface area contributed by atoms with Crippen LogP contribution < -0.4 is 5.32 Å². The quantitative estimate of drug-likeness (QED) is 0.833. The maximum Gasteiger partial charge on any atom is 0.187 e. The minimum absolute atomic E-state index is 0.580. The summed E-state index contributed by atoms with van der Waals surface area (Å²) in [5, 5.41) is 12.2. The monoisotopic (exact) mass is 242 g/mol. The Labute approximate surface area is 99.1 Å². The number of rotatable bonds is 3. The van der Waals surface area contributed by atoms with Crippen LogP contribution in [0.25, 0.3) is 0 Å². The fourth-order valence-electron chi connectivity index (χ4n) is 1.98. The summed E-state index contributed by atoms with van der Waals surface area (Å²) in [4.78, 5) is 2.25. The Morgan fingerprint density at radius 2 is 1.76 bits per heavy atom. The number of phenolic OH excluding ortho intramolecular Hbond substituents is 1. The lowest BCUT2D eigenvalue weighted by Gasteiger charge is -2.27. The highest BCUT2D eigenvalue weighted by Gasteiger charge is 2.12. The molecule has 0 bridgehead atoms. The molecule has 0 unspecified atom stereocenters. The van der Waals surface area contributed by atoms with Crippen LogP contribution in [0.1, 0.15) is 5.56 Å². The smallest absolute Gasteiger partial charge is 0.187 e. The van der Waals surface area contributed by atoms with Crippen molar-refractivity contribution in [1.82, 2.24) is 10.2 Å². The molecule has 1 saturated heterocycles. The summed E-state index contributed by atoms with van der Waals surface area (Å²) in [5.74, 6) is -2.67. The molecule has 1 aromatic rings. The molecule has 1 aromatic carbocycles. The summed E-state index contributed by atoms with van der Waals surface area (Å²) in [6, 6.07) is 2.39. The van der Waals surface area contributed by atoms with Crippen molar-refractivity contribution in [2.45, 2.75) is 6.42 Å². The highest BCUT2D eigenvalue weighted by molar-refractivity contribution is 5.30. The third kappa shape index (κ3) is 3.14. The van der Waals surface area contributed by atoms with Crippen LogP contribution in [0.4, 0.5) is 8.78 Å². The van der Waals surface area contributed by atoms with E-state index in [4.69, 9.17) is 5.11 Å². The zero-order valence-electron chi connectivity index (χ0n) is 9.55. The predicted octanol–water partition coefficient (Wildman–Crippen LogP) is 1.12. The van der Waals surface area contributed by atoms with Gasteiger partial charge in [-0.25, -0.2) is 8.78 Å². The number of benzene rings is 1. The molecular weight excluding hydrogens is 226 g/mol. The minimum Gasteiger partial charge on any atom is -0.503 e. The van der Waals surface area contributed by atoms with Gasteiger partial charge in [0.1, 0.15) is 0 Å². The Bertz CT molecular complexity index is 369. The molecule has 0 amide bonds. The Kier molecular flexibility index (Phi) is 3.91. The van der Waals surface area contributed by atoms with Crippen LogP contribution in [0.5, 0.6) is 5.75 Å². The SMILES string of the molecule is Oc1c(F)cc(CCN2CCNCC2)cc1F. The Balaban J connectivity index is 1.94. The molecule has 0 atom stereocenters. The highest BCUT2D eigenvalue weighted by atomic mass is 19.1. The normalized spacial score (nSPS) is 17.3. The van der Waals surface area contributed by atoms with E-state index in [1.54, 1.807) is 0 Å². The zero-order chi connectivity index (χ0) is 12.3. The van der Waals surface area contributed by atoms with Gasteiger partial charge in [0.05, 0.1) is 0 Å². The Morgan fingerprint density at radius 3 is 2.35 bits per heavy atom. The summed E-state index contributed by atoms with van der Waals surface area (Å²) in [6.07, 6.45) is 0.591. The van der Waals surface area contributed by atoms with Gasteiger partial charge in [-0.3, -0.25) is 0 Å². The second-order valence-electron chi connectivity index (χ2n) is 4.25. The van der Waals surface area contributed by atoms with E-state index in [9.17, 15) is 8.78 Å². The van der Waals surface area contributed by atoms with Crippen LogP contribution in [0.2, 0.25) is 0 Å². The van der Waals surface area contributed by atoms with Crippen molar-refractivity contribution in [2.75, 3.05) is 32.7 Å². The number of phenols is 1. The number of hydrogen-bond acceptors (Lipinski definition) is 3. The number of piperazine rings is 1. The van der Waals surface area contributed by atoms with E-state index in [2.05, 4.69) is 10.2 Å². The van der Waals surface area contributed by atoms with Gasteiger partial charge in [0.15, 0.2) is 17.4 Å². The average molecular weight is 242 g/mol. The molecule has 0 spiro atoms. The summed E-state index contributed by atoms with van der Waals surface area (Å²) in [7, 11) is 0. The maximum absolute atomic E-state index is 13.1. The van der Waals surface area contributed by atoms with E-state index in [0.29, 0.717) is 12.0 Å². The lowest BCUT2D eigenvalue weighted by molar-refractivity contribution is 0.243. The van der Waals surface area contributed by atoms with Crippen molar-refractivity contribution in [1.29, 1.82) is 0 Å². The van der Waals surface area contributed by atoms with Gasteiger partial charge in [0.25, 0.3) is 0 Å². The van der Waals surface area contributed by atoms with Gasteiger partial charge in [0.2, 0.25) is 0 Å². The van der Waals surface area contributed by atoms with Crippen molar-refractivity contribution in [3.8, 4) is 5.75 Å². The van der Waals surface area contributed by atoms with Gasteiger partial charge in [-0.2, -0.15) is 0 Å². The van der Waals surface area contributed by atoms with Crippen molar-refractivity contribution >= 4 is 0 Å².